The van der Waals surface area contributed by atoms with Crippen molar-refractivity contribution in [3.05, 3.63) is 18.0 Å². The summed E-state index contributed by atoms with van der Waals surface area (Å²) in [5.74, 6) is -0.0236. The molecule has 1 aromatic heterocycles. The molecule has 1 fully saturated rings. The first kappa shape index (κ1) is 14.0. The van der Waals surface area contributed by atoms with Crippen LogP contribution in [-0.4, -0.2) is 54.7 Å². The van der Waals surface area contributed by atoms with Crippen LogP contribution in [0.25, 0.3) is 0 Å². The summed E-state index contributed by atoms with van der Waals surface area (Å²) in [4.78, 5) is 11.7. The number of piperidine rings is 1. The molecule has 19 heavy (non-hydrogen) atoms. The van der Waals surface area contributed by atoms with Crippen molar-refractivity contribution in [1.29, 1.82) is 0 Å². The lowest BCUT2D eigenvalue weighted by Crippen LogP contribution is -2.43. The summed E-state index contributed by atoms with van der Waals surface area (Å²) in [6.45, 7) is 1.53. The summed E-state index contributed by atoms with van der Waals surface area (Å²) in [6, 6.07) is 0. The van der Waals surface area contributed by atoms with Crippen LogP contribution in [-0.2, 0) is 10.0 Å². The van der Waals surface area contributed by atoms with Crippen molar-refractivity contribution in [3.8, 4) is 0 Å². The van der Waals surface area contributed by atoms with Crippen LogP contribution in [0.2, 0.25) is 0 Å². The van der Waals surface area contributed by atoms with Gasteiger partial charge in [0.15, 0.2) is 0 Å². The number of hydrogen-bond donors (Lipinski definition) is 2. The van der Waals surface area contributed by atoms with Gasteiger partial charge in [0.05, 0.1) is 18.0 Å². The first-order valence-corrected chi connectivity index (χ1v) is 8.04. The van der Waals surface area contributed by atoms with E-state index in [1.54, 1.807) is 0 Å². The number of H-pyrrole nitrogens is 1. The second kappa shape index (κ2) is 5.70. The number of aromatic nitrogens is 2. The van der Waals surface area contributed by atoms with Gasteiger partial charge in [0, 0.05) is 25.8 Å². The van der Waals surface area contributed by atoms with Gasteiger partial charge in [0.2, 0.25) is 10.0 Å². The Balaban J connectivity index is 1.85. The Kier molecular flexibility index (Phi) is 4.20. The fourth-order valence-corrected chi connectivity index (χ4v) is 3.15. The quantitative estimate of drug-likeness (QED) is 0.802. The molecular formula is C11H18N4O3S. The number of aromatic amines is 1. The van der Waals surface area contributed by atoms with Gasteiger partial charge in [-0.1, -0.05) is 0 Å². The second-order valence-electron chi connectivity index (χ2n) is 4.83. The molecule has 0 aliphatic carbocycles. The predicted molar refractivity (Wildman–Crippen MR) is 70.1 cm³/mol. The minimum Gasteiger partial charge on any atom is -0.352 e. The van der Waals surface area contributed by atoms with Gasteiger partial charge in [-0.15, -0.1) is 0 Å². The molecule has 1 saturated heterocycles. The van der Waals surface area contributed by atoms with E-state index in [4.69, 9.17) is 0 Å². The molecule has 8 heteroatoms. The molecule has 0 unspecified atom stereocenters. The molecule has 106 valence electrons. The average molecular weight is 286 g/mol. The third-order valence-corrected chi connectivity index (χ3v) is 4.53. The highest BCUT2D eigenvalue weighted by atomic mass is 32.2. The van der Waals surface area contributed by atoms with Crippen LogP contribution < -0.4 is 5.32 Å². The molecule has 1 aromatic rings. The lowest BCUT2D eigenvalue weighted by Gasteiger charge is -2.30. The highest BCUT2D eigenvalue weighted by molar-refractivity contribution is 7.88. The zero-order valence-corrected chi connectivity index (χ0v) is 11.6. The molecule has 1 atom stereocenters. The van der Waals surface area contributed by atoms with Crippen LogP contribution >= 0.6 is 0 Å². The average Bonchev–Trinajstić information content (AvgIpc) is 2.89. The molecule has 2 rings (SSSR count). The van der Waals surface area contributed by atoms with Gasteiger partial charge in [-0.3, -0.25) is 9.89 Å². The van der Waals surface area contributed by atoms with Crippen LogP contribution in [0.4, 0.5) is 0 Å². The van der Waals surface area contributed by atoms with Crippen LogP contribution in [0, 0.1) is 5.92 Å². The second-order valence-corrected chi connectivity index (χ2v) is 6.81. The molecule has 0 aromatic carbocycles. The van der Waals surface area contributed by atoms with E-state index in [2.05, 4.69) is 15.5 Å². The number of sulfonamides is 1. The van der Waals surface area contributed by atoms with Gasteiger partial charge >= 0.3 is 0 Å². The number of hydrogen-bond acceptors (Lipinski definition) is 4. The lowest BCUT2D eigenvalue weighted by atomic mass is 10.00. The molecule has 2 N–H and O–H groups in total. The van der Waals surface area contributed by atoms with Gasteiger partial charge in [-0.05, 0) is 18.8 Å². The van der Waals surface area contributed by atoms with Crippen molar-refractivity contribution >= 4 is 15.9 Å². The van der Waals surface area contributed by atoms with E-state index < -0.39 is 10.0 Å². The Hall–Kier alpha value is -1.41. The van der Waals surface area contributed by atoms with E-state index in [0.717, 1.165) is 12.8 Å². The smallest absolute Gasteiger partial charge is 0.254 e. The fraction of sp³-hybridized carbons (Fsp3) is 0.636. The number of nitrogens with one attached hydrogen (secondary N) is 2. The molecule has 0 saturated carbocycles. The summed E-state index contributed by atoms with van der Waals surface area (Å²) in [5, 5.41) is 9.09. The SMILES string of the molecule is CS(=O)(=O)N1CCC[C@H](CNC(=O)c2cn[nH]c2)C1. The number of carbonyl (C=O) groups is 1. The number of nitrogens with zero attached hydrogens (tertiary/aromatic N) is 2. The fourth-order valence-electron chi connectivity index (χ4n) is 2.21. The number of carbonyl (C=O) groups excluding carboxylic acids is 1. The van der Waals surface area contributed by atoms with E-state index in [9.17, 15) is 13.2 Å². The van der Waals surface area contributed by atoms with Gasteiger partial charge in [0.25, 0.3) is 5.91 Å². The van der Waals surface area contributed by atoms with Crippen LogP contribution in [0.5, 0.6) is 0 Å². The van der Waals surface area contributed by atoms with Crippen LogP contribution in [0.15, 0.2) is 12.4 Å². The van der Waals surface area contributed by atoms with Crippen LogP contribution in [0.1, 0.15) is 23.2 Å². The topological polar surface area (TPSA) is 95.2 Å². The molecule has 0 spiro atoms. The molecule has 0 bridgehead atoms. The third kappa shape index (κ3) is 3.77. The summed E-state index contributed by atoms with van der Waals surface area (Å²) in [7, 11) is -3.13. The van der Waals surface area contributed by atoms with Crippen molar-refractivity contribution in [2.24, 2.45) is 5.92 Å². The molecule has 2 heterocycles. The predicted octanol–water partition coefficient (Wildman–Crippen LogP) is -0.189. The molecule has 1 amide bonds. The minimum absolute atomic E-state index is 0.166. The highest BCUT2D eigenvalue weighted by Crippen LogP contribution is 2.18. The zero-order chi connectivity index (χ0) is 13.9. The van der Waals surface area contributed by atoms with Crippen molar-refractivity contribution in [2.75, 3.05) is 25.9 Å². The van der Waals surface area contributed by atoms with E-state index in [1.165, 1.54) is 23.0 Å². The summed E-state index contributed by atoms with van der Waals surface area (Å²) < 4.78 is 24.4. The maximum absolute atomic E-state index is 11.7. The largest absolute Gasteiger partial charge is 0.352 e. The standard InChI is InChI=1S/C11H18N4O3S/c1-19(17,18)15-4-2-3-9(8-15)5-12-11(16)10-6-13-14-7-10/h6-7,9H,2-5,8H2,1H3,(H,12,16)(H,13,14)/t9-/m1/s1. The Morgan fingerprint density at radius 3 is 3.05 bits per heavy atom. The van der Waals surface area contributed by atoms with E-state index in [0.29, 0.717) is 25.2 Å². The van der Waals surface area contributed by atoms with Gasteiger partial charge in [0.1, 0.15) is 0 Å². The number of rotatable bonds is 4. The lowest BCUT2D eigenvalue weighted by molar-refractivity contribution is 0.0941. The minimum atomic E-state index is -3.13. The summed E-state index contributed by atoms with van der Waals surface area (Å²) >= 11 is 0. The molecule has 0 radical (unpaired) electrons. The van der Waals surface area contributed by atoms with Gasteiger partial charge in [-0.25, -0.2) is 12.7 Å². The van der Waals surface area contributed by atoms with Gasteiger partial charge < -0.3 is 5.32 Å². The first-order chi connectivity index (χ1) is 8.97. The number of amides is 1. The summed E-state index contributed by atoms with van der Waals surface area (Å²) in [6.07, 6.45) is 5.97. The monoisotopic (exact) mass is 286 g/mol. The summed E-state index contributed by atoms with van der Waals surface area (Å²) in [5.41, 5.74) is 0.482. The van der Waals surface area contributed by atoms with E-state index >= 15 is 0 Å². The zero-order valence-electron chi connectivity index (χ0n) is 10.8. The van der Waals surface area contributed by atoms with Crippen molar-refractivity contribution in [1.82, 2.24) is 19.8 Å². The van der Waals surface area contributed by atoms with Gasteiger partial charge in [-0.2, -0.15) is 5.10 Å². The third-order valence-electron chi connectivity index (χ3n) is 3.26. The first-order valence-electron chi connectivity index (χ1n) is 6.19. The Morgan fingerprint density at radius 1 is 1.63 bits per heavy atom. The van der Waals surface area contributed by atoms with Crippen molar-refractivity contribution < 1.29 is 13.2 Å². The van der Waals surface area contributed by atoms with Crippen LogP contribution in [0.3, 0.4) is 0 Å². The van der Waals surface area contributed by atoms with E-state index in [1.807, 2.05) is 0 Å². The molecular weight excluding hydrogens is 268 g/mol. The Morgan fingerprint density at radius 2 is 2.42 bits per heavy atom. The normalized spacial score (nSPS) is 21.2. The Labute approximate surface area is 112 Å². The Bertz CT molecular complexity index is 526. The van der Waals surface area contributed by atoms with Crippen molar-refractivity contribution in [2.45, 2.75) is 12.8 Å². The molecule has 1 aliphatic heterocycles. The van der Waals surface area contributed by atoms with Crippen molar-refractivity contribution in [3.63, 3.8) is 0 Å². The maximum Gasteiger partial charge on any atom is 0.254 e. The maximum atomic E-state index is 11.7. The highest BCUT2D eigenvalue weighted by Gasteiger charge is 2.26. The molecule has 7 nitrogen and oxygen atoms in total. The molecule has 1 aliphatic rings. The van der Waals surface area contributed by atoms with E-state index in [-0.39, 0.29) is 11.8 Å².